The van der Waals surface area contributed by atoms with E-state index >= 15 is 0 Å². The highest BCUT2D eigenvalue weighted by Gasteiger charge is 2.40. The summed E-state index contributed by atoms with van der Waals surface area (Å²) in [5.74, 6) is -0.154. The van der Waals surface area contributed by atoms with Gasteiger partial charge in [-0.05, 0) is 25.0 Å². The Morgan fingerprint density at radius 2 is 2.27 bits per heavy atom. The Kier molecular flexibility index (Phi) is 4.40. The summed E-state index contributed by atoms with van der Waals surface area (Å²) in [7, 11) is 1.45. The van der Waals surface area contributed by atoms with Crippen molar-refractivity contribution in [3.63, 3.8) is 0 Å². The molecule has 0 bridgehead atoms. The highest BCUT2D eigenvalue weighted by molar-refractivity contribution is 5.77. The first-order chi connectivity index (χ1) is 10.7. The van der Waals surface area contributed by atoms with Crippen molar-refractivity contribution < 1.29 is 14.3 Å². The molecule has 22 heavy (non-hydrogen) atoms. The van der Waals surface area contributed by atoms with Gasteiger partial charge >= 0.3 is 5.97 Å². The maximum absolute atomic E-state index is 12.1. The zero-order valence-corrected chi connectivity index (χ0v) is 12.7. The van der Waals surface area contributed by atoms with Crippen molar-refractivity contribution in [3.05, 3.63) is 36.3 Å². The van der Waals surface area contributed by atoms with Crippen LogP contribution in [0.4, 0.5) is 0 Å². The van der Waals surface area contributed by atoms with Crippen LogP contribution in [0.15, 0.2) is 30.6 Å². The van der Waals surface area contributed by atoms with Crippen LogP contribution in [0.5, 0.6) is 0 Å². The van der Waals surface area contributed by atoms with Gasteiger partial charge in [0.1, 0.15) is 5.65 Å². The number of hydrogen-bond donors (Lipinski definition) is 1. The van der Waals surface area contributed by atoms with Gasteiger partial charge in [0.15, 0.2) is 0 Å². The molecule has 2 aromatic rings. The number of hydrogen-bond acceptors (Lipinski definition) is 5. The first-order valence-corrected chi connectivity index (χ1v) is 7.53. The lowest BCUT2D eigenvalue weighted by Gasteiger charge is -2.34. The molecule has 6 nitrogen and oxygen atoms in total. The van der Waals surface area contributed by atoms with Crippen LogP contribution in [0.3, 0.4) is 0 Å². The summed E-state index contributed by atoms with van der Waals surface area (Å²) in [6, 6.07) is 5.91. The Balaban J connectivity index is 1.63. The normalized spacial score (nSPS) is 17.5. The van der Waals surface area contributed by atoms with E-state index in [2.05, 4.69) is 10.3 Å². The van der Waals surface area contributed by atoms with Crippen LogP contribution in [-0.2, 0) is 20.8 Å². The van der Waals surface area contributed by atoms with Crippen molar-refractivity contribution in [1.29, 1.82) is 0 Å². The van der Waals surface area contributed by atoms with E-state index in [-0.39, 0.29) is 5.97 Å². The number of esters is 1. The number of nitrogens with zero attached hydrogens (tertiary/aromatic N) is 2. The molecule has 1 aliphatic heterocycles. The Hall–Kier alpha value is -1.92. The highest BCUT2D eigenvalue weighted by atomic mass is 16.5. The number of methoxy groups -OCH3 is 1. The van der Waals surface area contributed by atoms with Crippen molar-refractivity contribution in [2.45, 2.75) is 19.4 Å². The molecular formula is C16H21N3O3. The maximum Gasteiger partial charge on any atom is 0.313 e. The molecule has 0 radical (unpaired) electrons. The van der Waals surface area contributed by atoms with E-state index in [1.54, 1.807) is 0 Å². The molecule has 6 heteroatoms. The number of nitrogens with one attached hydrogen (secondary N) is 1. The number of rotatable bonds is 5. The van der Waals surface area contributed by atoms with Crippen molar-refractivity contribution in [2.75, 3.05) is 26.9 Å². The fourth-order valence-electron chi connectivity index (χ4n) is 2.93. The van der Waals surface area contributed by atoms with Gasteiger partial charge in [-0.2, -0.15) is 0 Å². The van der Waals surface area contributed by atoms with E-state index < -0.39 is 5.41 Å². The minimum absolute atomic E-state index is 0.154. The van der Waals surface area contributed by atoms with Crippen LogP contribution in [0, 0.1) is 5.41 Å². The molecule has 0 amide bonds. The van der Waals surface area contributed by atoms with E-state index in [0.29, 0.717) is 39.1 Å². The summed E-state index contributed by atoms with van der Waals surface area (Å²) >= 11 is 0. The SMILES string of the molecule is COC(=O)C1(CNCc2cn3ccccc3n2)CCOCC1. The van der Waals surface area contributed by atoms with Gasteiger partial charge in [-0.1, -0.05) is 6.07 Å². The summed E-state index contributed by atoms with van der Waals surface area (Å²) < 4.78 is 12.3. The second-order valence-corrected chi connectivity index (χ2v) is 5.69. The molecule has 0 unspecified atom stereocenters. The number of aromatic nitrogens is 2. The van der Waals surface area contributed by atoms with Crippen molar-refractivity contribution in [3.8, 4) is 0 Å². The Labute approximate surface area is 129 Å². The lowest BCUT2D eigenvalue weighted by molar-refractivity contribution is -0.158. The van der Waals surface area contributed by atoms with Crippen molar-refractivity contribution in [2.24, 2.45) is 5.41 Å². The smallest absolute Gasteiger partial charge is 0.313 e. The Morgan fingerprint density at radius 1 is 1.45 bits per heavy atom. The van der Waals surface area contributed by atoms with Gasteiger partial charge < -0.3 is 19.2 Å². The molecule has 2 aromatic heterocycles. The molecule has 1 N–H and O–H groups in total. The van der Waals surface area contributed by atoms with Crippen LogP contribution in [-0.4, -0.2) is 42.2 Å². The predicted octanol–water partition coefficient (Wildman–Crippen LogP) is 1.39. The average Bonchev–Trinajstić information content (AvgIpc) is 2.97. The van der Waals surface area contributed by atoms with Gasteiger partial charge in [-0.15, -0.1) is 0 Å². The van der Waals surface area contributed by atoms with Crippen LogP contribution in [0.2, 0.25) is 0 Å². The van der Waals surface area contributed by atoms with Gasteiger partial charge in [0, 0.05) is 38.7 Å². The van der Waals surface area contributed by atoms with E-state index in [0.717, 1.165) is 11.3 Å². The van der Waals surface area contributed by atoms with E-state index in [1.165, 1.54) is 7.11 Å². The highest BCUT2D eigenvalue weighted by Crippen LogP contribution is 2.31. The third kappa shape index (κ3) is 2.98. The summed E-state index contributed by atoms with van der Waals surface area (Å²) in [6.07, 6.45) is 5.35. The first kappa shape index (κ1) is 15.0. The molecule has 118 valence electrons. The van der Waals surface area contributed by atoms with Crippen molar-refractivity contribution >= 4 is 11.6 Å². The molecule has 0 atom stereocenters. The number of carbonyl (C=O) groups is 1. The van der Waals surface area contributed by atoms with Gasteiger partial charge in [-0.25, -0.2) is 4.98 Å². The van der Waals surface area contributed by atoms with E-state index in [4.69, 9.17) is 9.47 Å². The van der Waals surface area contributed by atoms with E-state index in [9.17, 15) is 4.79 Å². The third-order valence-electron chi connectivity index (χ3n) is 4.25. The molecule has 0 aromatic carbocycles. The zero-order valence-electron chi connectivity index (χ0n) is 12.7. The maximum atomic E-state index is 12.1. The van der Waals surface area contributed by atoms with Crippen LogP contribution in [0.25, 0.3) is 5.65 Å². The Bertz CT molecular complexity index is 614. The van der Waals surface area contributed by atoms with Gasteiger partial charge in [0.05, 0.1) is 18.2 Å². The van der Waals surface area contributed by atoms with Crippen LogP contribution < -0.4 is 5.32 Å². The standard InChI is InChI=1S/C16H21N3O3/c1-21-15(20)16(5-8-22-9-6-16)12-17-10-13-11-19-7-3-2-4-14(19)18-13/h2-4,7,11,17H,5-6,8-10,12H2,1H3. The number of ether oxygens (including phenoxy) is 2. The van der Waals surface area contributed by atoms with E-state index in [1.807, 2.05) is 35.0 Å². The molecule has 1 fully saturated rings. The molecule has 3 rings (SSSR count). The summed E-state index contributed by atoms with van der Waals surface area (Å²) in [4.78, 5) is 16.7. The molecule has 0 spiro atoms. The second-order valence-electron chi connectivity index (χ2n) is 5.69. The van der Waals surface area contributed by atoms with Gasteiger partial charge in [-0.3, -0.25) is 4.79 Å². The van der Waals surface area contributed by atoms with Gasteiger partial charge in [0.2, 0.25) is 0 Å². The fraction of sp³-hybridized carbons (Fsp3) is 0.500. The molecule has 0 saturated carbocycles. The van der Waals surface area contributed by atoms with Crippen molar-refractivity contribution in [1.82, 2.24) is 14.7 Å². The lowest BCUT2D eigenvalue weighted by atomic mass is 9.80. The number of pyridine rings is 1. The number of fused-ring (bicyclic) bond motifs is 1. The molecule has 0 aliphatic carbocycles. The average molecular weight is 303 g/mol. The lowest BCUT2D eigenvalue weighted by Crippen LogP contribution is -2.45. The summed E-state index contributed by atoms with van der Waals surface area (Å²) in [6.45, 7) is 2.41. The molecule has 3 heterocycles. The topological polar surface area (TPSA) is 64.9 Å². The number of carbonyl (C=O) groups excluding carboxylic acids is 1. The quantitative estimate of drug-likeness (QED) is 0.846. The predicted molar refractivity (Wildman–Crippen MR) is 81.4 cm³/mol. The minimum atomic E-state index is -0.480. The molecule has 1 saturated heterocycles. The van der Waals surface area contributed by atoms with Crippen LogP contribution >= 0.6 is 0 Å². The molecular weight excluding hydrogens is 282 g/mol. The van der Waals surface area contributed by atoms with Crippen LogP contribution in [0.1, 0.15) is 18.5 Å². The monoisotopic (exact) mass is 303 g/mol. The fourth-order valence-corrected chi connectivity index (χ4v) is 2.93. The largest absolute Gasteiger partial charge is 0.469 e. The Morgan fingerprint density at radius 3 is 3.00 bits per heavy atom. The van der Waals surface area contributed by atoms with Gasteiger partial charge in [0.25, 0.3) is 0 Å². The number of imidazole rings is 1. The zero-order chi connectivity index (χ0) is 15.4. The first-order valence-electron chi connectivity index (χ1n) is 7.53. The second kappa shape index (κ2) is 6.46. The third-order valence-corrected chi connectivity index (χ3v) is 4.25. The molecule has 1 aliphatic rings. The summed E-state index contributed by atoms with van der Waals surface area (Å²) in [5, 5.41) is 3.36. The summed E-state index contributed by atoms with van der Waals surface area (Å²) in [5.41, 5.74) is 1.40. The minimum Gasteiger partial charge on any atom is -0.469 e.